The summed E-state index contributed by atoms with van der Waals surface area (Å²) in [6.45, 7) is 24.0. The number of carbonyl (C=O) groups excluding carboxylic acids is 4. The Balaban J connectivity index is 0.00000148. The summed E-state index contributed by atoms with van der Waals surface area (Å²) in [6, 6.07) is 0. The molecule has 0 bridgehead atoms. The summed E-state index contributed by atoms with van der Waals surface area (Å²) in [5.41, 5.74) is 6.41. The first kappa shape index (κ1) is 107. The monoisotopic (exact) mass is 1600 g/mol. The molecule has 4 rings (SSSR count). The Morgan fingerprint density at radius 3 is 1.18 bits per heavy atom. The first-order chi connectivity index (χ1) is 51.0. The molecule has 4 aliphatic carbocycles. The van der Waals surface area contributed by atoms with E-state index >= 15 is 0 Å². The number of unbranched alkanes of at least 4 members (excludes halogenated alkanes) is 32. The van der Waals surface area contributed by atoms with Crippen LogP contribution in [0.25, 0.3) is 0 Å². The number of rotatable bonds is 62. The summed E-state index contributed by atoms with van der Waals surface area (Å²) in [5.74, 6) is 0.0818. The number of phosphoric acid groups is 2. The fraction of sp³-hybridized carbons (Fsp3) is 0.908. The molecule has 11 unspecified atom stereocenters. The van der Waals surface area contributed by atoms with Crippen LogP contribution in [0.1, 0.15) is 404 Å². The van der Waals surface area contributed by atoms with Crippen LogP contribution >= 0.6 is 15.6 Å². The predicted molar refractivity (Wildman–Crippen MR) is 427 cm³/mol. The van der Waals surface area contributed by atoms with Crippen LogP contribution in [0.3, 0.4) is 0 Å². The smallest absolute Gasteiger partial charge is 0.756 e. The summed E-state index contributed by atoms with van der Waals surface area (Å²) in [4.78, 5) is 76.2. The van der Waals surface area contributed by atoms with Gasteiger partial charge >= 0.3 is 83.0 Å². The van der Waals surface area contributed by atoms with Gasteiger partial charge in [-0.2, -0.15) is 0 Å². The van der Waals surface area contributed by atoms with Crippen molar-refractivity contribution in [1.82, 2.24) is 0 Å². The summed E-state index contributed by atoms with van der Waals surface area (Å²) >= 11 is 0. The summed E-state index contributed by atoms with van der Waals surface area (Å²) in [6.07, 6.45) is 49.4. The van der Waals surface area contributed by atoms with Gasteiger partial charge in [-0.05, 0) is 143 Å². The van der Waals surface area contributed by atoms with Gasteiger partial charge in [0.15, 0.2) is 12.2 Å². The van der Waals surface area contributed by atoms with Crippen molar-refractivity contribution in [2.75, 3.05) is 39.6 Å². The molecule has 2 saturated carbocycles. The molecule has 2 fully saturated rings. The second-order valence-electron chi connectivity index (χ2n) is 34.2. The molecule has 0 amide bonds. The number of fused-ring (bicyclic) bond motifs is 4. The molecule has 0 heterocycles. The van der Waals surface area contributed by atoms with Crippen molar-refractivity contribution in [2.45, 2.75) is 429 Å². The van der Waals surface area contributed by atoms with Gasteiger partial charge in [0.25, 0.3) is 15.6 Å². The number of allylic oxidation sites excluding steroid dienone is 4. The number of phosphoric ester groups is 2. The van der Waals surface area contributed by atoms with Gasteiger partial charge in [0.05, 0.1) is 32.5 Å². The molecule has 4 aliphatic rings. The van der Waals surface area contributed by atoms with E-state index in [0.717, 1.165) is 121 Å². The average molecular weight is 1600 g/mol. The number of hydrogen-bond donors (Lipinski definition) is 2. The van der Waals surface area contributed by atoms with E-state index in [1.54, 1.807) is 0 Å². The van der Waals surface area contributed by atoms with Crippen LogP contribution in [-0.4, -0.2) is 98.1 Å². The van der Waals surface area contributed by atoms with Crippen molar-refractivity contribution in [1.29, 1.82) is 0 Å². The van der Waals surface area contributed by atoms with Gasteiger partial charge in [0, 0.05) is 25.7 Å². The van der Waals surface area contributed by atoms with Gasteiger partial charge in [0.1, 0.15) is 19.3 Å². The number of aliphatic hydroxyl groups excluding tert-OH is 2. The van der Waals surface area contributed by atoms with Crippen LogP contribution < -0.4 is 68.9 Å². The van der Waals surface area contributed by atoms with Crippen LogP contribution in [0.5, 0.6) is 0 Å². The van der Waals surface area contributed by atoms with Gasteiger partial charge < -0.3 is 57.0 Å². The van der Waals surface area contributed by atoms with E-state index in [4.69, 9.17) is 37.0 Å². The van der Waals surface area contributed by atoms with Gasteiger partial charge in [-0.25, -0.2) is 0 Å². The van der Waals surface area contributed by atoms with Gasteiger partial charge in [-0.1, -0.05) is 297 Å². The standard InChI is InChI=1S/C57H110O17P2.C30H50O.2Na/c1-5-9-13-17-21-25-29-33-37-41-54(59)67-47-52(73-56(61)43-39-35-31-27-23-19-15-11-7-3)49-71-75(63,64)69-45-51(58)46-70-76(65,66)72-50-53(74-57(62)44-40-36-32-28-24-20-16-12-8-4)48-68-55(60)42-38-34-30-26-22-18-14-10-6-2;1-20(2)10-9-11-21(3)22-14-18-30(8)24-12-13-25-27(4,5)26(31)16-17-28(25,6)23(24)15-19-29(22,30)7;;/h51-53,58H,5-50H2,1-4H3,(H,63,64)(H,65,66);10,21-22,25-26,31H,9,11-19H2,1-8H3;;/q;;2*+1/p-2. The van der Waals surface area contributed by atoms with Gasteiger partial charge in [-0.15, -0.1) is 0 Å². The Kier molecular flexibility index (Phi) is 58.7. The topological polar surface area (TPSA) is 263 Å². The molecule has 0 aromatic heterocycles. The van der Waals surface area contributed by atoms with Crippen LogP contribution in [0.15, 0.2) is 22.8 Å². The molecule has 18 nitrogen and oxygen atoms in total. The molecule has 0 spiro atoms. The minimum Gasteiger partial charge on any atom is -0.756 e. The van der Waals surface area contributed by atoms with E-state index in [0.29, 0.717) is 47.8 Å². The molecule has 0 aromatic rings. The molecule has 0 radical (unpaired) electrons. The van der Waals surface area contributed by atoms with Crippen molar-refractivity contribution < 1.29 is 144 Å². The van der Waals surface area contributed by atoms with Crippen LogP contribution in [-0.2, 0) is 65.4 Å². The molecule has 0 aromatic carbocycles. The molecule has 22 heteroatoms. The predicted octanol–water partition coefficient (Wildman–Crippen LogP) is 16.4. The molecule has 626 valence electrons. The van der Waals surface area contributed by atoms with E-state index in [1.807, 2.05) is 11.1 Å². The third-order valence-corrected chi connectivity index (χ3v) is 26.6. The van der Waals surface area contributed by atoms with E-state index in [1.165, 1.54) is 166 Å². The third-order valence-electron chi connectivity index (χ3n) is 24.7. The first-order valence-corrected chi connectivity index (χ1v) is 46.6. The summed E-state index contributed by atoms with van der Waals surface area (Å²) in [7, 11) is -10.4. The van der Waals surface area contributed by atoms with Gasteiger partial charge in [0.2, 0.25) is 0 Å². The maximum atomic E-state index is 12.8. The quantitative estimate of drug-likeness (QED) is 0.0143. The van der Waals surface area contributed by atoms with Crippen LogP contribution in [0, 0.1) is 39.4 Å². The molecule has 0 aliphatic heterocycles. The molecular formula is C87H158Na2O18P2. The Hall–Kier alpha value is -0.500. The van der Waals surface area contributed by atoms with Crippen LogP contribution in [0.2, 0.25) is 0 Å². The summed E-state index contributed by atoms with van der Waals surface area (Å²) < 4.78 is 66.7. The fourth-order valence-electron chi connectivity index (χ4n) is 17.8. The van der Waals surface area contributed by atoms with Gasteiger partial charge in [-0.3, -0.25) is 28.3 Å². The number of carbonyl (C=O) groups is 4. The number of esters is 4. The van der Waals surface area contributed by atoms with E-state index < -0.39 is 97.5 Å². The first-order valence-electron chi connectivity index (χ1n) is 43.7. The Morgan fingerprint density at radius 2 is 0.817 bits per heavy atom. The SMILES string of the molecule is CC(C)=CCCC(C)C1CCC2(C)C3=C(CCC12C)C1(C)CCC(O)C(C)(C)C1CC3.CCCCCCCCCCCC(=O)OCC(COP(=O)([O-])OCC(O)COP(=O)([O-])OCC(COC(=O)CCCCCCCCCCC)OC(=O)CCCCCCCCCCC)OC(=O)CCCCCCCCCCC.[Na+].[Na+]. The van der Waals surface area contributed by atoms with Crippen molar-refractivity contribution in [3.63, 3.8) is 0 Å². The van der Waals surface area contributed by atoms with E-state index in [2.05, 4.69) is 89.2 Å². The zero-order valence-corrected chi connectivity index (χ0v) is 77.8. The maximum absolute atomic E-state index is 12.8. The maximum Gasteiger partial charge on any atom is 1.00 e. The molecule has 2 N–H and O–H groups in total. The Morgan fingerprint density at radius 1 is 0.468 bits per heavy atom. The average Bonchev–Trinajstić information content (AvgIpc) is 1.65. The summed E-state index contributed by atoms with van der Waals surface area (Å²) in [5, 5.41) is 21.2. The zero-order chi connectivity index (χ0) is 79.0. The van der Waals surface area contributed by atoms with E-state index in [-0.39, 0.29) is 96.3 Å². The van der Waals surface area contributed by atoms with Crippen LogP contribution in [0.4, 0.5) is 0 Å². The number of aliphatic hydroxyl groups is 2. The molecule has 0 saturated heterocycles. The minimum absolute atomic E-state index is 0. The zero-order valence-electron chi connectivity index (χ0n) is 72.0. The van der Waals surface area contributed by atoms with Crippen molar-refractivity contribution in [3.05, 3.63) is 22.8 Å². The fourth-order valence-corrected chi connectivity index (χ4v) is 19.4. The molecular weight excluding hydrogens is 1440 g/mol. The van der Waals surface area contributed by atoms with Crippen molar-refractivity contribution >= 4 is 39.5 Å². The van der Waals surface area contributed by atoms with Crippen molar-refractivity contribution in [2.24, 2.45) is 39.4 Å². The minimum atomic E-state index is -5.20. The van der Waals surface area contributed by atoms with Crippen molar-refractivity contribution in [3.8, 4) is 0 Å². The Bertz CT molecular complexity index is 2500. The number of hydrogen-bond acceptors (Lipinski definition) is 18. The molecule has 11 atom stereocenters. The Labute approximate surface area is 708 Å². The molecule has 109 heavy (non-hydrogen) atoms. The second kappa shape index (κ2) is 60.0. The largest absolute Gasteiger partial charge is 1.00 e. The third kappa shape index (κ3) is 42.6. The second-order valence-corrected chi connectivity index (χ2v) is 37.0. The van der Waals surface area contributed by atoms with E-state index in [9.17, 15) is 48.3 Å². The normalized spacial score (nSPS) is 22.8. The number of ether oxygens (including phenoxy) is 4.